The highest BCUT2D eigenvalue weighted by atomic mass is 16.1. The summed E-state index contributed by atoms with van der Waals surface area (Å²) in [7, 11) is 0. The van der Waals surface area contributed by atoms with Gasteiger partial charge in [-0.15, -0.1) is 0 Å². The van der Waals surface area contributed by atoms with Crippen molar-refractivity contribution in [3.05, 3.63) is 0 Å². The quantitative estimate of drug-likeness (QED) is 0.352. The number of rotatable bonds is 11. The maximum absolute atomic E-state index is 10.8. The van der Waals surface area contributed by atoms with Gasteiger partial charge in [0.1, 0.15) is 6.29 Å². The molecule has 0 unspecified atom stereocenters. The van der Waals surface area contributed by atoms with Crippen LogP contribution in [0.5, 0.6) is 0 Å². The Morgan fingerprint density at radius 2 is 1.38 bits per heavy atom. The van der Waals surface area contributed by atoms with E-state index in [2.05, 4.69) is 20.8 Å². The van der Waals surface area contributed by atoms with E-state index in [1.807, 2.05) is 0 Å². The summed E-state index contributed by atoms with van der Waals surface area (Å²) in [6.45, 7) is 6.73. The fraction of sp³-hybridized carbons (Fsp3) is 0.933. The lowest BCUT2D eigenvalue weighted by Crippen LogP contribution is -2.20. The molecular formula is C15H30O. The number of carbonyl (C=O) groups excluding carboxylic acids is 1. The van der Waals surface area contributed by atoms with Crippen LogP contribution >= 0.6 is 0 Å². The fourth-order valence-corrected chi connectivity index (χ4v) is 2.50. The molecule has 1 heteroatoms. The molecule has 1 nitrogen and oxygen atoms in total. The molecule has 0 fully saturated rings. The van der Waals surface area contributed by atoms with Crippen molar-refractivity contribution < 1.29 is 4.79 Å². The lowest BCUT2D eigenvalue weighted by atomic mass is 9.74. The minimum Gasteiger partial charge on any atom is -0.303 e. The van der Waals surface area contributed by atoms with Crippen LogP contribution in [-0.4, -0.2) is 6.29 Å². The largest absolute Gasteiger partial charge is 0.303 e. The molecule has 0 aliphatic carbocycles. The summed E-state index contributed by atoms with van der Waals surface area (Å²) >= 11 is 0. The predicted molar refractivity (Wildman–Crippen MR) is 71.7 cm³/mol. The molecule has 0 amide bonds. The zero-order valence-electron chi connectivity index (χ0n) is 11.6. The smallest absolute Gasteiger partial charge is 0.120 e. The van der Waals surface area contributed by atoms with E-state index in [1.165, 1.54) is 57.8 Å². The third kappa shape index (κ3) is 6.30. The molecule has 0 N–H and O–H groups in total. The summed E-state index contributed by atoms with van der Waals surface area (Å²) in [5, 5.41) is 0. The standard InChI is InChI=1S/C15H30O/c1-4-7-9-11-15(6-3,13-14-16)12-10-8-5-2/h14H,4-13H2,1-3H3. The molecule has 0 radical (unpaired) electrons. The Labute approximate surface area is 102 Å². The van der Waals surface area contributed by atoms with E-state index in [0.29, 0.717) is 5.41 Å². The minimum absolute atomic E-state index is 0.325. The van der Waals surface area contributed by atoms with Crippen LogP contribution < -0.4 is 0 Å². The van der Waals surface area contributed by atoms with Crippen molar-refractivity contribution >= 4 is 6.29 Å². The Bertz CT molecular complexity index is 153. The van der Waals surface area contributed by atoms with Gasteiger partial charge in [-0.1, -0.05) is 65.7 Å². The van der Waals surface area contributed by atoms with Crippen LogP contribution in [0.3, 0.4) is 0 Å². The van der Waals surface area contributed by atoms with E-state index in [9.17, 15) is 4.79 Å². The van der Waals surface area contributed by atoms with Gasteiger partial charge in [0.2, 0.25) is 0 Å². The molecule has 0 bridgehead atoms. The van der Waals surface area contributed by atoms with Crippen molar-refractivity contribution in [2.24, 2.45) is 5.41 Å². The van der Waals surface area contributed by atoms with E-state index >= 15 is 0 Å². The van der Waals surface area contributed by atoms with Crippen molar-refractivity contribution in [3.63, 3.8) is 0 Å². The summed E-state index contributed by atoms with van der Waals surface area (Å²) in [5.74, 6) is 0. The second-order valence-corrected chi connectivity index (χ2v) is 5.14. The van der Waals surface area contributed by atoms with Crippen molar-refractivity contribution in [1.82, 2.24) is 0 Å². The van der Waals surface area contributed by atoms with Gasteiger partial charge >= 0.3 is 0 Å². The van der Waals surface area contributed by atoms with Gasteiger partial charge in [-0.05, 0) is 18.3 Å². The third-order valence-electron chi connectivity index (χ3n) is 3.89. The molecule has 0 aliphatic heterocycles. The predicted octanol–water partition coefficient (Wildman–Crippen LogP) is 5.13. The first-order valence-electron chi connectivity index (χ1n) is 7.18. The van der Waals surface area contributed by atoms with Crippen LogP contribution in [0, 0.1) is 5.41 Å². The SMILES string of the molecule is CCCCCC(CC)(CC=O)CCCCC. The average Bonchev–Trinajstić information content (AvgIpc) is 2.29. The fourth-order valence-electron chi connectivity index (χ4n) is 2.50. The highest BCUT2D eigenvalue weighted by Gasteiger charge is 2.26. The molecule has 0 spiro atoms. The van der Waals surface area contributed by atoms with Crippen LogP contribution in [-0.2, 0) is 4.79 Å². The van der Waals surface area contributed by atoms with Gasteiger partial charge in [0.15, 0.2) is 0 Å². The number of unbranched alkanes of at least 4 members (excludes halogenated alkanes) is 4. The molecule has 0 heterocycles. The molecule has 0 aromatic carbocycles. The lowest BCUT2D eigenvalue weighted by Gasteiger charge is -2.31. The molecule has 16 heavy (non-hydrogen) atoms. The Kier molecular flexibility index (Phi) is 9.66. The van der Waals surface area contributed by atoms with Crippen molar-refractivity contribution in [2.45, 2.75) is 85.0 Å². The van der Waals surface area contributed by atoms with Crippen molar-refractivity contribution in [1.29, 1.82) is 0 Å². The van der Waals surface area contributed by atoms with Crippen LogP contribution in [0.4, 0.5) is 0 Å². The summed E-state index contributed by atoms with van der Waals surface area (Å²) < 4.78 is 0. The summed E-state index contributed by atoms with van der Waals surface area (Å²) in [5.41, 5.74) is 0.325. The van der Waals surface area contributed by atoms with Crippen LogP contribution in [0.25, 0.3) is 0 Å². The Morgan fingerprint density at radius 1 is 0.875 bits per heavy atom. The van der Waals surface area contributed by atoms with Crippen LogP contribution in [0.15, 0.2) is 0 Å². The van der Waals surface area contributed by atoms with Gasteiger partial charge in [-0.2, -0.15) is 0 Å². The van der Waals surface area contributed by atoms with Gasteiger partial charge in [-0.25, -0.2) is 0 Å². The van der Waals surface area contributed by atoms with Crippen molar-refractivity contribution in [2.75, 3.05) is 0 Å². The molecule has 0 saturated carbocycles. The number of aldehydes is 1. The first-order chi connectivity index (χ1) is 7.74. The van der Waals surface area contributed by atoms with E-state index in [-0.39, 0.29) is 0 Å². The third-order valence-corrected chi connectivity index (χ3v) is 3.89. The molecule has 0 aromatic rings. The molecular weight excluding hydrogens is 196 g/mol. The van der Waals surface area contributed by atoms with E-state index < -0.39 is 0 Å². The summed E-state index contributed by atoms with van der Waals surface area (Å²) in [4.78, 5) is 10.8. The molecule has 96 valence electrons. The Morgan fingerprint density at radius 3 is 1.69 bits per heavy atom. The summed E-state index contributed by atoms with van der Waals surface area (Å²) in [6, 6.07) is 0. The summed E-state index contributed by atoms with van der Waals surface area (Å²) in [6.07, 6.45) is 13.3. The average molecular weight is 226 g/mol. The van der Waals surface area contributed by atoms with E-state index in [4.69, 9.17) is 0 Å². The molecule has 0 atom stereocenters. The van der Waals surface area contributed by atoms with Gasteiger partial charge < -0.3 is 4.79 Å². The van der Waals surface area contributed by atoms with Crippen LogP contribution in [0.1, 0.15) is 85.0 Å². The number of hydrogen-bond acceptors (Lipinski definition) is 1. The molecule has 0 aliphatic rings. The number of carbonyl (C=O) groups is 1. The highest BCUT2D eigenvalue weighted by molar-refractivity contribution is 5.50. The van der Waals surface area contributed by atoms with Crippen LogP contribution in [0.2, 0.25) is 0 Å². The second kappa shape index (κ2) is 9.86. The number of hydrogen-bond donors (Lipinski definition) is 0. The van der Waals surface area contributed by atoms with Gasteiger partial charge in [0.25, 0.3) is 0 Å². The first kappa shape index (κ1) is 15.7. The normalized spacial score (nSPS) is 11.7. The Hall–Kier alpha value is -0.330. The van der Waals surface area contributed by atoms with E-state index in [0.717, 1.165) is 12.7 Å². The zero-order valence-corrected chi connectivity index (χ0v) is 11.6. The maximum Gasteiger partial charge on any atom is 0.120 e. The minimum atomic E-state index is 0.325. The molecule has 0 saturated heterocycles. The highest BCUT2D eigenvalue weighted by Crippen LogP contribution is 2.37. The van der Waals surface area contributed by atoms with E-state index in [1.54, 1.807) is 0 Å². The first-order valence-corrected chi connectivity index (χ1v) is 7.18. The molecule has 0 rings (SSSR count). The Balaban J connectivity index is 4.14. The maximum atomic E-state index is 10.8. The van der Waals surface area contributed by atoms with Gasteiger partial charge in [0, 0.05) is 6.42 Å². The van der Waals surface area contributed by atoms with Gasteiger partial charge in [-0.3, -0.25) is 0 Å². The lowest BCUT2D eigenvalue weighted by molar-refractivity contribution is -0.110. The monoisotopic (exact) mass is 226 g/mol. The zero-order chi connectivity index (χ0) is 12.3. The van der Waals surface area contributed by atoms with Crippen molar-refractivity contribution in [3.8, 4) is 0 Å². The topological polar surface area (TPSA) is 17.1 Å². The van der Waals surface area contributed by atoms with Gasteiger partial charge in [0.05, 0.1) is 0 Å². The molecule has 0 aromatic heterocycles. The second-order valence-electron chi connectivity index (χ2n) is 5.14.